The fraction of sp³-hybridized carbons (Fsp3) is 0.385. The van der Waals surface area contributed by atoms with Gasteiger partial charge >= 0.3 is 0 Å². The zero-order valence-electron chi connectivity index (χ0n) is 9.43. The molecular formula is C13H14N2O2. The van der Waals surface area contributed by atoms with Crippen molar-refractivity contribution in [3.05, 3.63) is 35.9 Å². The number of hydrogen-bond acceptors (Lipinski definition) is 3. The maximum absolute atomic E-state index is 12.0. The van der Waals surface area contributed by atoms with Gasteiger partial charge in [0, 0.05) is 0 Å². The van der Waals surface area contributed by atoms with Crippen LogP contribution in [0.5, 0.6) is 0 Å². The average molecular weight is 230 g/mol. The Morgan fingerprint density at radius 2 is 1.65 bits per heavy atom. The van der Waals surface area contributed by atoms with Crippen LogP contribution in [0.25, 0.3) is 0 Å². The molecule has 0 radical (unpaired) electrons. The first-order valence-corrected chi connectivity index (χ1v) is 5.91. The van der Waals surface area contributed by atoms with Gasteiger partial charge in [-0.05, 0) is 18.4 Å². The van der Waals surface area contributed by atoms with E-state index in [0.29, 0.717) is 6.54 Å². The van der Waals surface area contributed by atoms with Crippen molar-refractivity contribution in [2.45, 2.75) is 31.5 Å². The molecule has 88 valence electrons. The predicted molar refractivity (Wildman–Crippen MR) is 61.9 cm³/mol. The Hall–Kier alpha value is -1.68. The van der Waals surface area contributed by atoms with Gasteiger partial charge in [-0.3, -0.25) is 19.8 Å². The van der Waals surface area contributed by atoms with Crippen LogP contribution in [-0.2, 0) is 16.1 Å². The molecule has 2 bridgehead atoms. The molecule has 0 saturated carbocycles. The molecule has 2 aliphatic heterocycles. The molecule has 2 fully saturated rings. The smallest absolute Gasteiger partial charge is 0.246 e. The third-order valence-corrected chi connectivity index (χ3v) is 3.46. The Morgan fingerprint density at radius 1 is 1.06 bits per heavy atom. The van der Waals surface area contributed by atoms with E-state index in [2.05, 4.69) is 5.32 Å². The van der Waals surface area contributed by atoms with Crippen molar-refractivity contribution in [1.29, 1.82) is 0 Å². The topological polar surface area (TPSA) is 49.4 Å². The number of carbonyl (C=O) groups excluding carboxylic acids is 2. The maximum Gasteiger partial charge on any atom is 0.246 e. The van der Waals surface area contributed by atoms with E-state index in [4.69, 9.17) is 0 Å². The van der Waals surface area contributed by atoms with E-state index < -0.39 is 0 Å². The molecule has 2 amide bonds. The molecule has 0 spiro atoms. The Bertz CT molecular complexity index is 436. The molecule has 0 aromatic heterocycles. The summed E-state index contributed by atoms with van der Waals surface area (Å²) in [6, 6.07) is 9.33. The highest BCUT2D eigenvalue weighted by molar-refractivity contribution is 6.03. The first-order valence-electron chi connectivity index (χ1n) is 5.91. The number of rotatable bonds is 2. The molecule has 4 nitrogen and oxygen atoms in total. The van der Waals surface area contributed by atoms with Crippen LogP contribution >= 0.6 is 0 Å². The number of nitrogens with one attached hydrogen (secondary N) is 1. The van der Waals surface area contributed by atoms with Gasteiger partial charge in [-0.25, -0.2) is 0 Å². The molecule has 2 saturated heterocycles. The number of likely N-dealkylation sites (tertiary alicyclic amines) is 1. The molecule has 1 aromatic rings. The molecule has 1 N–H and O–H groups in total. The summed E-state index contributed by atoms with van der Waals surface area (Å²) in [4.78, 5) is 25.5. The normalized spacial score (nSPS) is 27.6. The number of hydrogen-bond donors (Lipinski definition) is 1. The predicted octanol–water partition coefficient (Wildman–Crippen LogP) is 0.676. The molecule has 2 atom stereocenters. The second-order valence-electron chi connectivity index (χ2n) is 4.60. The molecule has 2 heterocycles. The highest BCUT2D eigenvalue weighted by Gasteiger charge is 2.44. The van der Waals surface area contributed by atoms with E-state index in [0.717, 1.165) is 18.4 Å². The van der Waals surface area contributed by atoms with Gasteiger partial charge in [0.25, 0.3) is 0 Å². The molecule has 17 heavy (non-hydrogen) atoms. The van der Waals surface area contributed by atoms with Gasteiger partial charge in [0.1, 0.15) is 0 Å². The standard InChI is InChI=1S/C13H14N2O2/c16-12-10-6-7-11(14-10)13(17)15(12)8-9-4-2-1-3-5-9/h1-5,10-11,14H,6-8H2/t10-,11?/m0/s1. The van der Waals surface area contributed by atoms with Crippen LogP contribution in [0.4, 0.5) is 0 Å². The van der Waals surface area contributed by atoms with Crippen molar-refractivity contribution >= 4 is 11.8 Å². The van der Waals surface area contributed by atoms with Gasteiger partial charge in [0.2, 0.25) is 11.8 Å². The van der Waals surface area contributed by atoms with Crippen molar-refractivity contribution in [2.75, 3.05) is 0 Å². The van der Waals surface area contributed by atoms with Gasteiger partial charge in [0.05, 0.1) is 18.6 Å². The Labute approximate surface area is 99.6 Å². The monoisotopic (exact) mass is 230 g/mol. The first-order chi connectivity index (χ1) is 8.25. The van der Waals surface area contributed by atoms with Crippen molar-refractivity contribution in [2.24, 2.45) is 0 Å². The summed E-state index contributed by atoms with van der Waals surface area (Å²) in [7, 11) is 0. The van der Waals surface area contributed by atoms with E-state index in [1.165, 1.54) is 4.90 Å². The molecule has 3 rings (SSSR count). The summed E-state index contributed by atoms with van der Waals surface area (Å²) in [5.41, 5.74) is 0.996. The molecule has 1 unspecified atom stereocenters. The zero-order chi connectivity index (χ0) is 11.8. The summed E-state index contributed by atoms with van der Waals surface area (Å²) in [6.07, 6.45) is 1.56. The second kappa shape index (κ2) is 3.96. The van der Waals surface area contributed by atoms with Crippen molar-refractivity contribution in [1.82, 2.24) is 10.2 Å². The fourth-order valence-corrected chi connectivity index (χ4v) is 2.54. The molecule has 2 aliphatic rings. The Kier molecular flexibility index (Phi) is 2.44. The lowest BCUT2D eigenvalue weighted by atomic mass is 10.1. The van der Waals surface area contributed by atoms with Crippen LogP contribution in [0.2, 0.25) is 0 Å². The molecular weight excluding hydrogens is 216 g/mol. The van der Waals surface area contributed by atoms with Crippen LogP contribution < -0.4 is 5.32 Å². The largest absolute Gasteiger partial charge is 0.295 e. The van der Waals surface area contributed by atoms with Crippen LogP contribution in [-0.4, -0.2) is 28.8 Å². The van der Waals surface area contributed by atoms with Gasteiger partial charge in [-0.15, -0.1) is 0 Å². The van der Waals surface area contributed by atoms with E-state index in [9.17, 15) is 9.59 Å². The number of piperazine rings is 1. The third kappa shape index (κ3) is 1.74. The van der Waals surface area contributed by atoms with E-state index >= 15 is 0 Å². The lowest BCUT2D eigenvalue weighted by Crippen LogP contribution is -2.58. The number of amides is 2. The van der Waals surface area contributed by atoms with Crippen molar-refractivity contribution in [3.8, 4) is 0 Å². The number of nitrogens with zero attached hydrogens (tertiary/aromatic N) is 1. The van der Waals surface area contributed by atoms with Crippen molar-refractivity contribution < 1.29 is 9.59 Å². The second-order valence-corrected chi connectivity index (χ2v) is 4.60. The molecule has 1 aromatic carbocycles. The zero-order valence-corrected chi connectivity index (χ0v) is 9.43. The molecule has 0 aliphatic carbocycles. The Balaban J connectivity index is 1.83. The van der Waals surface area contributed by atoms with E-state index in [1.807, 2.05) is 30.3 Å². The SMILES string of the molecule is O=C1C2CC[C@H](N2)C(=O)N1Cc1ccccc1. The fourth-order valence-electron chi connectivity index (χ4n) is 2.54. The van der Waals surface area contributed by atoms with Crippen LogP contribution in [0.3, 0.4) is 0 Å². The number of imide groups is 1. The minimum absolute atomic E-state index is 0.0763. The lowest BCUT2D eigenvalue weighted by molar-refractivity contribution is -0.150. The number of benzene rings is 1. The third-order valence-electron chi connectivity index (χ3n) is 3.46. The van der Waals surface area contributed by atoms with E-state index in [1.54, 1.807) is 0 Å². The minimum atomic E-state index is -0.151. The number of carbonyl (C=O) groups is 2. The lowest BCUT2D eigenvalue weighted by Gasteiger charge is -2.30. The summed E-state index contributed by atoms with van der Waals surface area (Å²) in [6.45, 7) is 0.396. The summed E-state index contributed by atoms with van der Waals surface area (Å²) in [5, 5.41) is 3.06. The average Bonchev–Trinajstić information content (AvgIpc) is 2.81. The summed E-state index contributed by atoms with van der Waals surface area (Å²) >= 11 is 0. The summed E-state index contributed by atoms with van der Waals surface area (Å²) < 4.78 is 0. The van der Waals surface area contributed by atoms with Crippen LogP contribution in [0.1, 0.15) is 18.4 Å². The van der Waals surface area contributed by atoms with Gasteiger partial charge in [-0.2, -0.15) is 0 Å². The number of fused-ring (bicyclic) bond motifs is 2. The van der Waals surface area contributed by atoms with E-state index in [-0.39, 0.29) is 23.9 Å². The van der Waals surface area contributed by atoms with Gasteiger partial charge in [-0.1, -0.05) is 30.3 Å². The quantitative estimate of drug-likeness (QED) is 0.760. The highest BCUT2D eigenvalue weighted by atomic mass is 16.2. The summed E-state index contributed by atoms with van der Waals surface area (Å²) in [5.74, 6) is -0.153. The molecule has 4 heteroatoms. The van der Waals surface area contributed by atoms with Crippen LogP contribution in [0, 0.1) is 0 Å². The van der Waals surface area contributed by atoms with Crippen LogP contribution in [0.15, 0.2) is 30.3 Å². The van der Waals surface area contributed by atoms with Gasteiger partial charge in [0.15, 0.2) is 0 Å². The first kappa shape index (κ1) is 10.5. The Morgan fingerprint density at radius 3 is 2.24 bits per heavy atom. The maximum atomic E-state index is 12.0. The minimum Gasteiger partial charge on any atom is -0.295 e. The van der Waals surface area contributed by atoms with Gasteiger partial charge < -0.3 is 0 Å². The van der Waals surface area contributed by atoms with Crippen molar-refractivity contribution in [3.63, 3.8) is 0 Å². The highest BCUT2D eigenvalue weighted by Crippen LogP contribution is 2.23.